The summed E-state index contributed by atoms with van der Waals surface area (Å²) in [5, 5.41) is 49.1. The number of primary amides is 1. The number of nitrogens with zero attached hydrogens (tertiary/aromatic N) is 1. The zero-order valence-electron chi connectivity index (χ0n) is 13.3. The molecule has 2 rings (SSSR count). The minimum absolute atomic E-state index is 0.471. The van der Waals surface area contributed by atoms with E-state index in [-0.39, 0.29) is 0 Å². The summed E-state index contributed by atoms with van der Waals surface area (Å²) in [6.45, 7) is 0. The van der Waals surface area contributed by atoms with Crippen molar-refractivity contribution in [3.63, 3.8) is 0 Å². The highest BCUT2D eigenvalue weighted by Gasteiger charge is 2.59. The molecule has 7 unspecified atom stereocenters. The monoisotopic (exact) mass is 364 g/mol. The summed E-state index contributed by atoms with van der Waals surface area (Å²) in [5.74, 6) is -2.48. The van der Waals surface area contributed by atoms with Gasteiger partial charge in [0.2, 0.25) is 0 Å². The van der Waals surface area contributed by atoms with Gasteiger partial charge in [0.25, 0.3) is 17.4 Å². The van der Waals surface area contributed by atoms with E-state index in [4.69, 9.17) is 19.9 Å². The fourth-order valence-electron chi connectivity index (χ4n) is 2.59. The van der Waals surface area contributed by atoms with Crippen molar-refractivity contribution in [1.29, 1.82) is 0 Å². The largest absolute Gasteiger partial charge is 0.497 e. The minimum atomic E-state index is -2.50. The number of nitrogens with two attached hydrogens (primary N) is 1. The van der Waals surface area contributed by atoms with Crippen LogP contribution in [0.5, 0.6) is 0 Å². The number of aliphatic hydroxyl groups is 5. The zero-order valence-corrected chi connectivity index (χ0v) is 13.3. The van der Waals surface area contributed by atoms with Crippen molar-refractivity contribution in [3.05, 3.63) is 11.8 Å². The first-order valence-electron chi connectivity index (χ1n) is 7.14. The molecule has 0 bridgehead atoms. The Kier molecular flexibility index (Phi) is 5.34. The molecule has 1 fully saturated rings. The normalized spacial score (nSPS) is 42.1. The Morgan fingerprint density at radius 2 is 1.84 bits per heavy atom. The highest BCUT2D eigenvalue weighted by molar-refractivity contribution is 5.96. The number of carbonyl (C=O) groups is 2. The summed E-state index contributed by atoms with van der Waals surface area (Å²) in [4.78, 5) is 24.6. The van der Waals surface area contributed by atoms with Crippen LogP contribution in [0.15, 0.2) is 11.8 Å². The van der Waals surface area contributed by atoms with E-state index in [9.17, 15) is 35.1 Å². The molecule has 0 spiro atoms. The van der Waals surface area contributed by atoms with Gasteiger partial charge in [-0.15, -0.1) is 0 Å². The average Bonchev–Trinajstić information content (AvgIpc) is 2.57. The lowest BCUT2D eigenvalue weighted by Gasteiger charge is -2.46. The van der Waals surface area contributed by atoms with Gasteiger partial charge < -0.3 is 50.4 Å². The molecule has 0 aliphatic carbocycles. The van der Waals surface area contributed by atoms with E-state index < -0.39 is 60.3 Å². The van der Waals surface area contributed by atoms with E-state index in [0.29, 0.717) is 0 Å². The first kappa shape index (κ1) is 19.5. The molecule has 2 aliphatic heterocycles. The van der Waals surface area contributed by atoms with Crippen molar-refractivity contribution in [2.24, 2.45) is 5.73 Å². The Morgan fingerprint density at radius 3 is 2.36 bits per heavy atom. The summed E-state index contributed by atoms with van der Waals surface area (Å²) >= 11 is 0. The second kappa shape index (κ2) is 6.84. The molecular formula is C13H20N2O10. The molecule has 0 aromatic carbocycles. The Hall–Kier alpha value is -1.80. The number of rotatable bonds is 4. The Labute approximate surface area is 141 Å². The van der Waals surface area contributed by atoms with Crippen LogP contribution in [0.25, 0.3) is 0 Å². The van der Waals surface area contributed by atoms with Gasteiger partial charge in [0.05, 0.1) is 7.11 Å². The van der Waals surface area contributed by atoms with Crippen LogP contribution in [0.2, 0.25) is 0 Å². The highest BCUT2D eigenvalue weighted by atomic mass is 16.8. The predicted molar refractivity (Wildman–Crippen MR) is 75.8 cm³/mol. The average molecular weight is 364 g/mol. The summed E-state index contributed by atoms with van der Waals surface area (Å²) in [6, 6.07) is 0. The molecule has 7 N–H and O–H groups in total. The van der Waals surface area contributed by atoms with E-state index in [0.717, 1.165) is 25.1 Å². The molecule has 12 heteroatoms. The van der Waals surface area contributed by atoms with Gasteiger partial charge >= 0.3 is 0 Å². The van der Waals surface area contributed by atoms with Gasteiger partial charge in [-0.25, -0.2) is 0 Å². The molecule has 2 heterocycles. The predicted octanol–water partition coefficient (Wildman–Crippen LogP) is -4.69. The van der Waals surface area contributed by atoms with Crippen molar-refractivity contribution in [3.8, 4) is 0 Å². The number of hydrogen-bond acceptors (Lipinski definition) is 10. The number of amides is 2. The first-order valence-corrected chi connectivity index (χ1v) is 7.14. The van der Waals surface area contributed by atoms with Gasteiger partial charge in [-0.3, -0.25) is 9.59 Å². The van der Waals surface area contributed by atoms with Crippen LogP contribution in [0.3, 0.4) is 0 Å². The molecule has 1 saturated heterocycles. The number of likely N-dealkylation sites (N-methyl/N-ethyl adjacent to an activating group) is 1. The van der Waals surface area contributed by atoms with Crippen molar-refractivity contribution in [2.75, 3.05) is 14.2 Å². The number of hydrogen-bond donors (Lipinski definition) is 6. The van der Waals surface area contributed by atoms with Crippen molar-refractivity contribution in [1.82, 2.24) is 4.90 Å². The molecule has 0 radical (unpaired) electrons. The van der Waals surface area contributed by atoms with Crippen LogP contribution in [0.1, 0.15) is 0 Å². The summed E-state index contributed by atoms with van der Waals surface area (Å²) in [6.07, 6.45) is -10.6. The van der Waals surface area contributed by atoms with E-state index in [2.05, 4.69) is 0 Å². The van der Waals surface area contributed by atoms with Crippen molar-refractivity contribution >= 4 is 11.8 Å². The lowest BCUT2D eigenvalue weighted by atomic mass is 9.92. The molecule has 7 atom stereocenters. The second-order valence-corrected chi connectivity index (χ2v) is 5.62. The molecule has 2 amide bonds. The lowest BCUT2D eigenvalue weighted by molar-refractivity contribution is -0.363. The number of ether oxygens (including phenoxy) is 3. The topological polar surface area (TPSA) is 192 Å². The molecule has 0 aromatic rings. The fraction of sp³-hybridized carbons (Fsp3) is 0.692. The SMILES string of the molecule is COC1=CC(=O)N(C)C(O)C1(OC1OC(O)C(O)C(O)C1O)C(N)=O. The second-order valence-electron chi connectivity index (χ2n) is 5.62. The van der Waals surface area contributed by atoms with Gasteiger partial charge in [-0.2, -0.15) is 0 Å². The third-order valence-corrected chi connectivity index (χ3v) is 4.13. The van der Waals surface area contributed by atoms with E-state index in [1.165, 1.54) is 0 Å². The molecule has 0 saturated carbocycles. The third-order valence-electron chi connectivity index (χ3n) is 4.13. The summed E-state index contributed by atoms with van der Waals surface area (Å²) in [7, 11) is 2.24. The number of carbonyl (C=O) groups excluding carboxylic acids is 2. The van der Waals surface area contributed by atoms with Gasteiger partial charge in [-0.1, -0.05) is 0 Å². The van der Waals surface area contributed by atoms with Gasteiger partial charge in [-0.05, 0) is 0 Å². The zero-order chi connectivity index (χ0) is 19.1. The van der Waals surface area contributed by atoms with Crippen molar-refractivity contribution < 1.29 is 49.3 Å². The Balaban J connectivity index is 2.45. The van der Waals surface area contributed by atoms with Gasteiger partial charge in [0.15, 0.2) is 18.8 Å². The molecule has 2 aliphatic rings. The standard InChI is InChI=1S/C13H20N2O10/c1-15-5(16)3-4(23-2)13(11(14)21,12(15)22)25-10-8(19)6(17)7(18)9(20)24-10/h3,6-10,12,17-20,22H,1-2H3,(H2,14,21). The van der Waals surface area contributed by atoms with Crippen LogP contribution >= 0.6 is 0 Å². The van der Waals surface area contributed by atoms with Crippen LogP contribution in [0.4, 0.5) is 0 Å². The summed E-state index contributed by atoms with van der Waals surface area (Å²) < 4.78 is 15.1. The van der Waals surface area contributed by atoms with E-state index in [1.807, 2.05) is 0 Å². The van der Waals surface area contributed by atoms with Crippen LogP contribution in [-0.4, -0.2) is 99.1 Å². The van der Waals surface area contributed by atoms with E-state index >= 15 is 0 Å². The van der Waals surface area contributed by atoms with E-state index in [1.54, 1.807) is 0 Å². The Morgan fingerprint density at radius 1 is 1.24 bits per heavy atom. The summed E-state index contributed by atoms with van der Waals surface area (Å²) in [5.41, 5.74) is 2.84. The molecule has 25 heavy (non-hydrogen) atoms. The smallest absolute Gasteiger partial charge is 0.262 e. The van der Waals surface area contributed by atoms with Crippen LogP contribution in [0, 0.1) is 0 Å². The lowest BCUT2D eigenvalue weighted by Crippen LogP contribution is -2.69. The molecular weight excluding hydrogens is 344 g/mol. The van der Waals surface area contributed by atoms with Gasteiger partial charge in [0, 0.05) is 13.1 Å². The molecule has 142 valence electrons. The van der Waals surface area contributed by atoms with Crippen LogP contribution < -0.4 is 5.73 Å². The van der Waals surface area contributed by atoms with Gasteiger partial charge in [0.1, 0.15) is 24.1 Å². The van der Waals surface area contributed by atoms with Crippen molar-refractivity contribution in [2.45, 2.75) is 42.7 Å². The fourth-order valence-corrected chi connectivity index (χ4v) is 2.59. The molecule has 0 aromatic heterocycles. The first-order chi connectivity index (χ1) is 11.6. The quantitative estimate of drug-likeness (QED) is 0.282. The minimum Gasteiger partial charge on any atom is -0.497 e. The van der Waals surface area contributed by atoms with Crippen LogP contribution in [-0.2, 0) is 23.8 Å². The number of methoxy groups -OCH3 is 1. The maximum Gasteiger partial charge on any atom is 0.262 e. The maximum absolute atomic E-state index is 12.1. The highest BCUT2D eigenvalue weighted by Crippen LogP contribution is 2.35. The number of aliphatic hydroxyl groups excluding tert-OH is 5. The maximum atomic E-state index is 12.1. The third kappa shape index (κ3) is 2.97. The molecule has 12 nitrogen and oxygen atoms in total. The Bertz CT molecular complexity index is 583.